The second-order valence-corrected chi connectivity index (χ2v) is 13.4. The molecule has 7 rings (SSSR count). The number of nitrogens with one attached hydrogen (secondary N) is 1. The van der Waals surface area contributed by atoms with Crippen LogP contribution >= 0.6 is 0 Å². The summed E-state index contributed by atoms with van der Waals surface area (Å²) in [6.45, 7) is 4.04. The molecule has 0 saturated carbocycles. The molecule has 2 N–H and O–H groups in total. The van der Waals surface area contributed by atoms with Crippen molar-refractivity contribution in [3.63, 3.8) is 0 Å². The molecule has 3 amide bonds. The highest BCUT2D eigenvalue weighted by molar-refractivity contribution is 6.06. The maximum absolute atomic E-state index is 13.2. The average Bonchev–Trinajstić information content (AvgIpc) is 3.45. The Morgan fingerprint density at radius 2 is 1.54 bits per heavy atom. The standard InChI is InChI=1S/C41H43N3O8/c45-26-28-12-14-31(15-13-28)37-22-35(25-43-16-18-49-19-17-43)51-40(52-37)34-11-5-10-33(21-34)32-9-4-8-30(20-32)24-44-38(46)23-36(39(44)47)42-41(48)50-27-29-6-2-1-3-7-29/h1-15,20-21,35-37,40,45H,16-19,22-27H2,(H,42,48). The van der Waals surface area contributed by atoms with E-state index in [1.807, 2.05) is 97.1 Å². The first-order valence-corrected chi connectivity index (χ1v) is 17.7. The fourth-order valence-electron chi connectivity index (χ4n) is 6.87. The number of likely N-dealkylation sites (tertiary alicyclic amines) is 1. The lowest BCUT2D eigenvalue weighted by Gasteiger charge is -2.39. The van der Waals surface area contributed by atoms with Crippen LogP contribution in [0.4, 0.5) is 4.79 Å². The van der Waals surface area contributed by atoms with Crippen molar-refractivity contribution < 1.29 is 38.4 Å². The Morgan fingerprint density at radius 1 is 0.808 bits per heavy atom. The minimum Gasteiger partial charge on any atom is -0.445 e. The first-order chi connectivity index (χ1) is 25.4. The van der Waals surface area contributed by atoms with Crippen molar-refractivity contribution in [1.29, 1.82) is 0 Å². The molecule has 4 atom stereocenters. The fraction of sp³-hybridized carbons (Fsp3) is 0.341. The summed E-state index contributed by atoms with van der Waals surface area (Å²) in [5.41, 5.74) is 6.21. The van der Waals surface area contributed by atoms with Crippen LogP contribution in [0.5, 0.6) is 0 Å². The van der Waals surface area contributed by atoms with Crippen LogP contribution < -0.4 is 5.32 Å². The Bertz CT molecular complexity index is 1850. The molecular formula is C41H43N3O8. The molecule has 0 bridgehead atoms. The van der Waals surface area contributed by atoms with E-state index in [-0.39, 0.29) is 44.3 Å². The van der Waals surface area contributed by atoms with Crippen molar-refractivity contribution in [3.05, 3.63) is 131 Å². The summed E-state index contributed by atoms with van der Waals surface area (Å²) in [4.78, 5) is 42.1. The monoisotopic (exact) mass is 705 g/mol. The maximum Gasteiger partial charge on any atom is 0.408 e. The quantitative estimate of drug-likeness (QED) is 0.201. The Kier molecular flexibility index (Phi) is 11.3. The first kappa shape index (κ1) is 35.5. The summed E-state index contributed by atoms with van der Waals surface area (Å²) < 4.78 is 24.0. The Labute approximate surface area is 303 Å². The molecule has 3 fully saturated rings. The van der Waals surface area contributed by atoms with Crippen LogP contribution in [0.3, 0.4) is 0 Å². The van der Waals surface area contributed by atoms with Crippen LogP contribution in [0.2, 0.25) is 0 Å². The topological polar surface area (TPSA) is 127 Å². The van der Waals surface area contributed by atoms with Gasteiger partial charge in [0.2, 0.25) is 5.91 Å². The molecule has 52 heavy (non-hydrogen) atoms. The highest BCUT2D eigenvalue weighted by Crippen LogP contribution is 2.39. The van der Waals surface area contributed by atoms with Gasteiger partial charge >= 0.3 is 6.09 Å². The number of amides is 3. The number of hydrogen-bond donors (Lipinski definition) is 2. The lowest BCUT2D eigenvalue weighted by molar-refractivity contribution is -0.253. The molecule has 3 heterocycles. The summed E-state index contributed by atoms with van der Waals surface area (Å²) in [5.74, 6) is -0.822. The van der Waals surface area contributed by atoms with Gasteiger partial charge < -0.3 is 29.4 Å². The number of morpholine rings is 1. The van der Waals surface area contributed by atoms with Crippen LogP contribution in [0.15, 0.2) is 103 Å². The zero-order valence-corrected chi connectivity index (χ0v) is 28.9. The number of nitrogens with zero attached hydrogens (tertiary/aromatic N) is 2. The number of carbonyl (C=O) groups excluding carboxylic acids is 3. The molecule has 3 aliphatic heterocycles. The van der Waals surface area contributed by atoms with E-state index >= 15 is 0 Å². The lowest BCUT2D eigenvalue weighted by Crippen LogP contribution is -2.44. The Hall–Kier alpha value is -4.91. The zero-order valence-electron chi connectivity index (χ0n) is 28.9. The number of benzene rings is 4. The normalized spacial score (nSPS) is 22.4. The van der Waals surface area contributed by atoms with Gasteiger partial charge in [0.05, 0.1) is 45.0 Å². The summed E-state index contributed by atoms with van der Waals surface area (Å²) in [6.07, 6.45) is -1.03. The van der Waals surface area contributed by atoms with E-state index in [2.05, 4.69) is 16.3 Å². The lowest BCUT2D eigenvalue weighted by atomic mass is 9.98. The molecule has 270 valence electrons. The molecular weight excluding hydrogens is 662 g/mol. The Morgan fingerprint density at radius 3 is 2.31 bits per heavy atom. The second kappa shape index (κ2) is 16.6. The molecule has 11 nitrogen and oxygen atoms in total. The summed E-state index contributed by atoms with van der Waals surface area (Å²) in [7, 11) is 0. The van der Waals surface area contributed by atoms with Gasteiger partial charge in [-0.1, -0.05) is 91.0 Å². The van der Waals surface area contributed by atoms with E-state index in [1.165, 1.54) is 4.90 Å². The molecule has 4 unspecified atom stereocenters. The average molecular weight is 706 g/mol. The van der Waals surface area contributed by atoms with Crippen LogP contribution in [-0.4, -0.2) is 77.8 Å². The molecule has 0 spiro atoms. The summed E-state index contributed by atoms with van der Waals surface area (Å²) in [6, 6.07) is 31.9. The van der Waals surface area contributed by atoms with Gasteiger partial charge in [-0.2, -0.15) is 0 Å². The van der Waals surface area contributed by atoms with Gasteiger partial charge in [-0.25, -0.2) is 4.79 Å². The molecule has 4 aromatic rings. The number of alkyl carbamates (subject to hydrolysis) is 1. The van der Waals surface area contributed by atoms with Gasteiger partial charge in [0.1, 0.15) is 12.6 Å². The minimum absolute atomic E-state index is 0.0143. The van der Waals surface area contributed by atoms with Gasteiger partial charge in [0, 0.05) is 31.6 Å². The van der Waals surface area contributed by atoms with Gasteiger partial charge in [0.25, 0.3) is 5.91 Å². The number of imide groups is 1. The van der Waals surface area contributed by atoms with Crippen molar-refractivity contribution in [1.82, 2.24) is 15.1 Å². The van der Waals surface area contributed by atoms with Crippen molar-refractivity contribution in [2.24, 2.45) is 0 Å². The van der Waals surface area contributed by atoms with Crippen LogP contribution in [0.1, 0.15) is 53.1 Å². The smallest absolute Gasteiger partial charge is 0.408 e. The van der Waals surface area contributed by atoms with Crippen molar-refractivity contribution in [2.75, 3.05) is 32.8 Å². The van der Waals surface area contributed by atoms with E-state index in [4.69, 9.17) is 18.9 Å². The van der Waals surface area contributed by atoms with E-state index < -0.39 is 24.3 Å². The van der Waals surface area contributed by atoms with Crippen LogP contribution in [0, 0.1) is 0 Å². The van der Waals surface area contributed by atoms with Crippen molar-refractivity contribution >= 4 is 17.9 Å². The minimum atomic E-state index is -0.977. The molecule has 11 heteroatoms. The highest BCUT2D eigenvalue weighted by atomic mass is 16.7. The van der Waals surface area contributed by atoms with E-state index in [1.54, 1.807) is 0 Å². The third kappa shape index (κ3) is 8.75. The molecule has 0 radical (unpaired) electrons. The second-order valence-electron chi connectivity index (χ2n) is 13.4. The summed E-state index contributed by atoms with van der Waals surface area (Å²) >= 11 is 0. The van der Waals surface area contributed by atoms with Crippen molar-refractivity contribution in [3.8, 4) is 11.1 Å². The van der Waals surface area contributed by atoms with E-state index in [0.29, 0.717) is 19.6 Å². The third-order valence-electron chi connectivity index (χ3n) is 9.69. The maximum atomic E-state index is 13.2. The van der Waals surface area contributed by atoms with Crippen LogP contribution in [0.25, 0.3) is 11.1 Å². The number of aliphatic hydroxyl groups is 1. The third-order valence-corrected chi connectivity index (χ3v) is 9.69. The van der Waals surface area contributed by atoms with E-state index in [9.17, 15) is 19.5 Å². The SMILES string of the molecule is O=C(NC1CC(=O)N(Cc2cccc(-c3cccc(C4OC(CN5CCOCC5)CC(c5ccc(CO)cc5)O4)c3)c2)C1=O)OCc1ccccc1. The zero-order chi connectivity index (χ0) is 35.9. The van der Waals surface area contributed by atoms with Crippen molar-refractivity contribution in [2.45, 2.75) is 57.1 Å². The number of carbonyl (C=O) groups is 3. The van der Waals surface area contributed by atoms with Gasteiger partial charge in [-0.3, -0.25) is 19.4 Å². The number of rotatable bonds is 11. The van der Waals surface area contributed by atoms with Gasteiger partial charge in [-0.15, -0.1) is 0 Å². The molecule has 4 aromatic carbocycles. The molecule has 0 aliphatic carbocycles. The molecule has 0 aromatic heterocycles. The molecule has 3 saturated heterocycles. The van der Waals surface area contributed by atoms with E-state index in [0.717, 1.165) is 58.6 Å². The summed E-state index contributed by atoms with van der Waals surface area (Å²) in [5, 5.41) is 12.1. The largest absolute Gasteiger partial charge is 0.445 e. The predicted octanol–water partition coefficient (Wildman–Crippen LogP) is 5.28. The number of hydrogen-bond acceptors (Lipinski definition) is 9. The van der Waals surface area contributed by atoms with Gasteiger partial charge in [0.15, 0.2) is 6.29 Å². The van der Waals surface area contributed by atoms with Gasteiger partial charge in [-0.05, 0) is 45.5 Å². The highest BCUT2D eigenvalue weighted by Gasteiger charge is 2.40. The fourth-order valence-corrected chi connectivity index (χ4v) is 6.87. The number of aliphatic hydroxyl groups excluding tert-OH is 1. The van der Waals surface area contributed by atoms with Crippen LogP contribution in [-0.2, 0) is 48.3 Å². The molecule has 3 aliphatic rings. The number of ether oxygens (including phenoxy) is 4. The predicted molar refractivity (Wildman–Crippen MR) is 191 cm³/mol. The Balaban J connectivity index is 1.03. The first-order valence-electron chi connectivity index (χ1n) is 17.7.